The van der Waals surface area contributed by atoms with E-state index < -0.39 is 11.7 Å². The summed E-state index contributed by atoms with van der Waals surface area (Å²) in [5.41, 5.74) is 1.90. The molecular formula is C15H19FN4O3. The summed E-state index contributed by atoms with van der Waals surface area (Å²) in [5, 5.41) is 0. The molecule has 1 saturated heterocycles. The molecule has 0 saturated carbocycles. The van der Waals surface area contributed by atoms with E-state index in [0.29, 0.717) is 45.4 Å². The van der Waals surface area contributed by atoms with Crippen LogP contribution < -0.4 is 9.64 Å². The van der Waals surface area contributed by atoms with Gasteiger partial charge < -0.3 is 19.3 Å². The summed E-state index contributed by atoms with van der Waals surface area (Å²) >= 11 is 0. The van der Waals surface area contributed by atoms with Crippen LogP contribution in [0, 0.1) is 0 Å². The lowest BCUT2D eigenvalue weighted by atomic mass is 10.1. The molecule has 0 unspecified atom stereocenters. The first kappa shape index (κ1) is 15.7. The van der Waals surface area contributed by atoms with E-state index >= 15 is 0 Å². The maximum atomic E-state index is 13.0. The Hall–Kier alpha value is -2.22. The Bertz CT molecular complexity index is 629. The second-order valence-electron chi connectivity index (χ2n) is 5.45. The summed E-state index contributed by atoms with van der Waals surface area (Å²) in [6, 6.07) is 0.330. The van der Waals surface area contributed by atoms with E-state index in [2.05, 4.69) is 21.4 Å². The van der Waals surface area contributed by atoms with Crippen LogP contribution in [0.3, 0.4) is 0 Å². The molecule has 23 heavy (non-hydrogen) atoms. The fourth-order valence-electron chi connectivity index (χ4n) is 2.84. The van der Waals surface area contributed by atoms with Crippen molar-refractivity contribution in [2.24, 2.45) is 0 Å². The number of anilines is 1. The van der Waals surface area contributed by atoms with Gasteiger partial charge in [0.2, 0.25) is 0 Å². The zero-order valence-corrected chi connectivity index (χ0v) is 13.0. The van der Waals surface area contributed by atoms with Crippen LogP contribution in [-0.2, 0) is 22.6 Å². The number of halogens is 1. The highest BCUT2D eigenvalue weighted by Gasteiger charge is 2.27. The molecule has 124 valence electrons. The number of nitrogens with zero attached hydrogens (tertiary/aromatic N) is 4. The van der Waals surface area contributed by atoms with Gasteiger partial charge in [0.05, 0.1) is 26.0 Å². The van der Waals surface area contributed by atoms with Gasteiger partial charge in [-0.2, -0.15) is 9.97 Å². The number of methoxy groups -OCH3 is 1. The zero-order chi connectivity index (χ0) is 16.4. The number of ether oxygens (including phenoxy) is 2. The molecule has 2 aliphatic heterocycles. The quantitative estimate of drug-likeness (QED) is 0.763. The first-order valence-corrected chi connectivity index (χ1v) is 7.50. The van der Waals surface area contributed by atoms with Crippen LogP contribution in [0.25, 0.3) is 0 Å². The molecule has 0 spiro atoms. The van der Waals surface area contributed by atoms with Gasteiger partial charge in [0.25, 0.3) is 5.91 Å². The van der Waals surface area contributed by atoms with Crippen molar-refractivity contribution < 1.29 is 18.7 Å². The maximum absolute atomic E-state index is 13.0. The first-order chi connectivity index (χ1) is 11.1. The number of rotatable bonds is 3. The molecule has 0 aliphatic carbocycles. The normalized spacial score (nSPS) is 17.7. The number of amides is 1. The van der Waals surface area contributed by atoms with Crippen LogP contribution in [0.5, 0.6) is 6.01 Å². The predicted molar refractivity (Wildman–Crippen MR) is 81.0 cm³/mol. The molecule has 1 aromatic heterocycles. The van der Waals surface area contributed by atoms with Gasteiger partial charge in [-0.25, -0.2) is 4.39 Å². The van der Waals surface area contributed by atoms with Gasteiger partial charge in [-0.15, -0.1) is 0 Å². The van der Waals surface area contributed by atoms with Crippen molar-refractivity contribution in [3.05, 3.63) is 23.7 Å². The summed E-state index contributed by atoms with van der Waals surface area (Å²) in [7, 11) is 1.54. The van der Waals surface area contributed by atoms with Crippen LogP contribution in [0.2, 0.25) is 0 Å². The topological polar surface area (TPSA) is 67.8 Å². The Balaban J connectivity index is 1.80. The number of fused-ring (bicyclic) bond motifs is 1. The molecule has 0 radical (unpaired) electrons. The summed E-state index contributed by atoms with van der Waals surface area (Å²) in [6.45, 7) is 6.13. The number of piperazine rings is 1. The second-order valence-corrected chi connectivity index (χ2v) is 5.45. The second kappa shape index (κ2) is 6.49. The van der Waals surface area contributed by atoms with E-state index in [0.717, 1.165) is 23.5 Å². The third-order valence-electron chi connectivity index (χ3n) is 4.06. The van der Waals surface area contributed by atoms with Crippen LogP contribution in [0.4, 0.5) is 10.2 Å². The van der Waals surface area contributed by atoms with Gasteiger partial charge in [-0.05, 0) is 0 Å². The predicted octanol–water partition coefficient (Wildman–Crippen LogP) is 0.690. The average Bonchev–Trinajstić information content (AvgIpc) is 2.60. The summed E-state index contributed by atoms with van der Waals surface area (Å²) < 4.78 is 23.7. The zero-order valence-electron chi connectivity index (χ0n) is 13.0. The smallest absolute Gasteiger partial charge is 0.318 e. The largest absolute Gasteiger partial charge is 0.467 e. The summed E-state index contributed by atoms with van der Waals surface area (Å²) in [6.07, 6.45) is 0.724. The van der Waals surface area contributed by atoms with Crippen LogP contribution in [0.15, 0.2) is 12.4 Å². The van der Waals surface area contributed by atoms with Gasteiger partial charge in [0.1, 0.15) is 5.82 Å². The van der Waals surface area contributed by atoms with Crippen molar-refractivity contribution in [2.45, 2.75) is 13.0 Å². The van der Waals surface area contributed by atoms with Crippen molar-refractivity contribution in [1.29, 1.82) is 0 Å². The molecule has 1 fully saturated rings. The number of carbonyl (C=O) groups excluding carboxylic acids is 1. The van der Waals surface area contributed by atoms with E-state index in [1.54, 1.807) is 0 Å². The lowest BCUT2D eigenvalue weighted by Gasteiger charge is -2.36. The molecule has 2 aliphatic rings. The minimum absolute atomic E-state index is 0.330. The van der Waals surface area contributed by atoms with Crippen molar-refractivity contribution in [3.8, 4) is 6.01 Å². The van der Waals surface area contributed by atoms with Gasteiger partial charge in [-0.3, -0.25) is 4.79 Å². The van der Waals surface area contributed by atoms with Gasteiger partial charge >= 0.3 is 6.01 Å². The molecule has 1 aromatic rings. The fraction of sp³-hybridized carbons (Fsp3) is 0.533. The summed E-state index contributed by atoms with van der Waals surface area (Å²) in [5.74, 6) is -0.791. The molecule has 1 amide bonds. The van der Waals surface area contributed by atoms with E-state index in [1.807, 2.05) is 0 Å². The molecule has 3 rings (SSSR count). The van der Waals surface area contributed by atoms with Crippen molar-refractivity contribution in [3.63, 3.8) is 0 Å². The van der Waals surface area contributed by atoms with Crippen molar-refractivity contribution in [2.75, 3.05) is 44.8 Å². The van der Waals surface area contributed by atoms with E-state index in [9.17, 15) is 9.18 Å². The number of carbonyl (C=O) groups is 1. The van der Waals surface area contributed by atoms with Crippen LogP contribution in [-0.4, -0.2) is 60.7 Å². The Morgan fingerprint density at radius 3 is 2.70 bits per heavy atom. The third kappa shape index (κ3) is 3.12. The molecule has 0 aromatic carbocycles. The van der Waals surface area contributed by atoms with Crippen molar-refractivity contribution >= 4 is 11.7 Å². The minimum Gasteiger partial charge on any atom is -0.467 e. The Morgan fingerprint density at radius 1 is 1.30 bits per heavy atom. The minimum atomic E-state index is -0.923. The van der Waals surface area contributed by atoms with Gasteiger partial charge in [0.15, 0.2) is 5.83 Å². The Morgan fingerprint density at radius 2 is 2.04 bits per heavy atom. The SMILES string of the molecule is C=C(F)C(=O)N1CCN(c2nc(OC)nc3c2COCC3)CC1. The molecule has 8 heteroatoms. The lowest BCUT2D eigenvalue weighted by Crippen LogP contribution is -2.49. The average molecular weight is 322 g/mol. The molecule has 7 nitrogen and oxygen atoms in total. The van der Waals surface area contributed by atoms with E-state index in [-0.39, 0.29) is 0 Å². The van der Waals surface area contributed by atoms with Crippen LogP contribution >= 0.6 is 0 Å². The number of aromatic nitrogens is 2. The first-order valence-electron chi connectivity index (χ1n) is 7.50. The highest BCUT2D eigenvalue weighted by Crippen LogP contribution is 2.28. The van der Waals surface area contributed by atoms with Crippen LogP contribution in [0.1, 0.15) is 11.3 Å². The highest BCUT2D eigenvalue weighted by atomic mass is 19.1. The Kier molecular flexibility index (Phi) is 4.42. The number of hydrogen-bond acceptors (Lipinski definition) is 6. The molecule has 0 N–H and O–H groups in total. The highest BCUT2D eigenvalue weighted by molar-refractivity contribution is 5.90. The van der Waals surface area contributed by atoms with E-state index in [4.69, 9.17) is 9.47 Å². The third-order valence-corrected chi connectivity index (χ3v) is 4.06. The van der Waals surface area contributed by atoms with E-state index in [1.165, 1.54) is 12.0 Å². The Labute approximate surface area is 133 Å². The fourth-order valence-corrected chi connectivity index (χ4v) is 2.84. The number of hydrogen-bond donors (Lipinski definition) is 0. The molecule has 0 atom stereocenters. The van der Waals surface area contributed by atoms with Crippen molar-refractivity contribution in [1.82, 2.24) is 14.9 Å². The monoisotopic (exact) mass is 322 g/mol. The summed E-state index contributed by atoms with van der Waals surface area (Å²) in [4.78, 5) is 24.0. The standard InChI is InChI=1S/C15H19FN4O3/c1-10(16)14(21)20-6-4-19(5-7-20)13-11-9-23-8-3-12(11)17-15(18-13)22-2/h1,3-9H2,2H3. The molecule has 3 heterocycles. The molecular weight excluding hydrogens is 303 g/mol. The van der Waals surface area contributed by atoms with Gasteiger partial charge in [-0.1, -0.05) is 6.58 Å². The maximum Gasteiger partial charge on any atom is 0.318 e. The van der Waals surface area contributed by atoms with Gasteiger partial charge in [0, 0.05) is 38.2 Å². The molecule has 0 bridgehead atoms. The lowest BCUT2D eigenvalue weighted by molar-refractivity contribution is -0.128.